The fourth-order valence-electron chi connectivity index (χ4n) is 2.63. The molecule has 4 aromatic rings. The molecular weight excluding hydrogens is 482 g/mol. The van der Waals surface area contributed by atoms with Gasteiger partial charge >= 0.3 is 0 Å². The highest BCUT2D eigenvalue weighted by atomic mass is 79.9. The number of hydrogen-bond acceptors (Lipinski definition) is 7. The summed E-state index contributed by atoms with van der Waals surface area (Å²) in [5.74, 6) is 0.169. The highest BCUT2D eigenvalue weighted by molar-refractivity contribution is 9.10. The predicted octanol–water partition coefficient (Wildman–Crippen LogP) is 5.46. The first-order valence-corrected chi connectivity index (χ1v) is 11.6. The molecule has 1 N–H and O–H groups in total. The second kappa shape index (κ2) is 9.46. The van der Waals surface area contributed by atoms with E-state index in [-0.39, 0.29) is 11.7 Å². The lowest BCUT2D eigenvalue weighted by molar-refractivity contribution is -0.113. The fourth-order valence-corrected chi connectivity index (χ4v) is 4.53. The van der Waals surface area contributed by atoms with Crippen molar-refractivity contribution in [2.24, 2.45) is 0 Å². The topological polar surface area (TPSA) is 80.7 Å². The number of pyridine rings is 1. The van der Waals surface area contributed by atoms with Crippen LogP contribution in [0.1, 0.15) is 5.69 Å². The Morgan fingerprint density at radius 1 is 1.13 bits per heavy atom. The maximum absolute atomic E-state index is 12.1. The second-order valence-electron chi connectivity index (χ2n) is 6.28. The van der Waals surface area contributed by atoms with Gasteiger partial charge in [-0.15, -0.1) is 21.5 Å². The number of aryl methyl sites for hydroxylation is 1. The predicted molar refractivity (Wildman–Crippen MR) is 125 cm³/mol. The molecule has 3 aromatic heterocycles. The van der Waals surface area contributed by atoms with Crippen LogP contribution in [0.3, 0.4) is 0 Å². The first kappa shape index (κ1) is 20.6. The molecule has 1 amide bonds. The normalized spacial score (nSPS) is 10.7. The van der Waals surface area contributed by atoms with Crippen LogP contribution in [0.2, 0.25) is 0 Å². The van der Waals surface area contributed by atoms with Crippen LogP contribution >= 0.6 is 39.0 Å². The molecule has 150 valence electrons. The molecule has 4 rings (SSSR count). The number of amides is 1. The van der Waals surface area contributed by atoms with Crippen molar-refractivity contribution in [2.75, 3.05) is 11.1 Å². The van der Waals surface area contributed by atoms with Crippen molar-refractivity contribution in [3.63, 3.8) is 0 Å². The van der Waals surface area contributed by atoms with Crippen LogP contribution in [-0.2, 0) is 4.79 Å². The number of benzene rings is 1. The van der Waals surface area contributed by atoms with Crippen molar-refractivity contribution in [1.29, 1.82) is 0 Å². The average Bonchev–Trinajstić information content (AvgIpc) is 3.16. The fraction of sp³-hybridized carbons (Fsp3) is 0.0952. The largest absolute Gasteiger partial charge is 0.325 e. The van der Waals surface area contributed by atoms with E-state index in [1.807, 2.05) is 55.5 Å². The van der Waals surface area contributed by atoms with Crippen LogP contribution in [0, 0.1) is 6.92 Å². The molecule has 3 heterocycles. The van der Waals surface area contributed by atoms with Gasteiger partial charge in [-0.3, -0.25) is 9.78 Å². The van der Waals surface area contributed by atoms with E-state index in [1.54, 1.807) is 23.7 Å². The molecule has 0 saturated carbocycles. The molecule has 0 aliphatic rings. The summed E-state index contributed by atoms with van der Waals surface area (Å²) in [6.45, 7) is 1.96. The molecule has 1 aromatic carbocycles. The zero-order chi connectivity index (χ0) is 20.9. The van der Waals surface area contributed by atoms with Crippen LogP contribution in [0.15, 0.2) is 70.4 Å². The summed E-state index contributed by atoms with van der Waals surface area (Å²) in [5.41, 5.74) is 3.41. The summed E-state index contributed by atoms with van der Waals surface area (Å²) in [6, 6.07) is 15.1. The summed E-state index contributed by atoms with van der Waals surface area (Å²) in [4.78, 5) is 21.9. The standard InChI is InChI=1S/C21H16BrN5OS2/c1-13-20(30-21(24-13)14-3-2-10-23-11-14)17-8-9-19(27-26-17)29-12-18(28)25-16-6-4-15(22)5-7-16/h2-11H,12H2,1H3,(H,25,28). The van der Waals surface area contributed by atoms with E-state index in [0.29, 0.717) is 5.03 Å². The molecule has 0 aliphatic heterocycles. The molecule has 9 heteroatoms. The highest BCUT2D eigenvalue weighted by Crippen LogP contribution is 2.34. The Morgan fingerprint density at radius 3 is 2.67 bits per heavy atom. The van der Waals surface area contributed by atoms with Crippen molar-refractivity contribution in [3.8, 4) is 21.1 Å². The minimum Gasteiger partial charge on any atom is -0.325 e. The van der Waals surface area contributed by atoms with Gasteiger partial charge in [0.2, 0.25) is 5.91 Å². The van der Waals surface area contributed by atoms with Gasteiger partial charge in [-0.05, 0) is 55.5 Å². The molecule has 30 heavy (non-hydrogen) atoms. The van der Waals surface area contributed by atoms with Crippen molar-refractivity contribution in [1.82, 2.24) is 20.2 Å². The van der Waals surface area contributed by atoms with Crippen LogP contribution in [0.25, 0.3) is 21.1 Å². The van der Waals surface area contributed by atoms with E-state index < -0.39 is 0 Å². The third-order valence-corrected chi connectivity index (χ3v) is 6.73. The summed E-state index contributed by atoms with van der Waals surface area (Å²) < 4.78 is 0.967. The van der Waals surface area contributed by atoms with Gasteiger partial charge in [0.1, 0.15) is 15.7 Å². The van der Waals surface area contributed by atoms with E-state index in [0.717, 1.165) is 37.0 Å². The van der Waals surface area contributed by atoms with Gasteiger partial charge in [0, 0.05) is 28.1 Å². The van der Waals surface area contributed by atoms with Crippen molar-refractivity contribution in [3.05, 3.63) is 71.1 Å². The quantitative estimate of drug-likeness (QED) is 0.356. The average molecular weight is 498 g/mol. The third-order valence-electron chi connectivity index (χ3n) is 4.06. The van der Waals surface area contributed by atoms with Gasteiger partial charge < -0.3 is 5.32 Å². The van der Waals surface area contributed by atoms with E-state index in [1.165, 1.54) is 11.8 Å². The molecule has 0 bridgehead atoms. The van der Waals surface area contributed by atoms with Gasteiger partial charge in [0.05, 0.1) is 16.3 Å². The number of anilines is 1. The summed E-state index contributed by atoms with van der Waals surface area (Å²) >= 11 is 6.29. The lowest BCUT2D eigenvalue weighted by Crippen LogP contribution is -2.14. The summed E-state index contributed by atoms with van der Waals surface area (Å²) in [5, 5.41) is 13.1. The second-order valence-corrected chi connectivity index (χ2v) is 9.19. The number of thiazole rings is 1. The molecular formula is C21H16BrN5OS2. The van der Waals surface area contributed by atoms with Gasteiger partial charge in [-0.25, -0.2) is 4.98 Å². The summed E-state index contributed by atoms with van der Waals surface area (Å²) in [7, 11) is 0. The van der Waals surface area contributed by atoms with Crippen LogP contribution < -0.4 is 5.32 Å². The molecule has 0 spiro atoms. The Kier molecular flexibility index (Phi) is 6.51. The van der Waals surface area contributed by atoms with E-state index in [4.69, 9.17) is 0 Å². The Bertz CT molecular complexity index is 1150. The number of aromatic nitrogens is 4. The number of nitrogens with one attached hydrogen (secondary N) is 1. The maximum atomic E-state index is 12.1. The number of hydrogen-bond donors (Lipinski definition) is 1. The monoisotopic (exact) mass is 497 g/mol. The van der Waals surface area contributed by atoms with Crippen LogP contribution in [0.4, 0.5) is 5.69 Å². The van der Waals surface area contributed by atoms with Gasteiger partial charge in [-0.2, -0.15) is 0 Å². The molecule has 6 nitrogen and oxygen atoms in total. The SMILES string of the molecule is Cc1nc(-c2cccnc2)sc1-c1ccc(SCC(=O)Nc2ccc(Br)cc2)nn1. The molecule has 0 saturated heterocycles. The van der Waals surface area contributed by atoms with Crippen molar-refractivity contribution < 1.29 is 4.79 Å². The molecule has 0 radical (unpaired) electrons. The Labute approximate surface area is 190 Å². The lowest BCUT2D eigenvalue weighted by atomic mass is 10.3. The maximum Gasteiger partial charge on any atom is 0.234 e. The van der Waals surface area contributed by atoms with Crippen LogP contribution in [0.5, 0.6) is 0 Å². The number of halogens is 1. The molecule has 0 aliphatic carbocycles. The zero-order valence-corrected chi connectivity index (χ0v) is 19.1. The third kappa shape index (κ3) is 5.10. The van der Waals surface area contributed by atoms with E-state index in [2.05, 4.69) is 41.4 Å². The van der Waals surface area contributed by atoms with Crippen molar-refractivity contribution >= 4 is 50.6 Å². The first-order valence-electron chi connectivity index (χ1n) is 8.98. The van der Waals surface area contributed by atoms with E-state index >= 15 is 0 Å². The highest BCUT2D eigenvalue weighted by Gasteiger charge is 2.13. The van der Waals surface area contributed by atoms with Gasteiger partial charge in [0.15, 0.2) is 0 Å². The minimum atomic E-state index is -0.0902. The van der Waals surface area contributed by atoms with Gasteiger partial charge in [0.25, 0.3) is 0 Å². The molecule has 0 unspecified atom stereocenters. The summed E-state index contributed by atoms with van der Waals surface area (Å²) in [6.07, 6.45) is 3.54. The first-order chi connectivity index (χ1) is 14.6. The Morgan fingerprint density at radius 2 is 1.97 bits per heavy atom. The van der Waals surface area contributed by atoms with Crippen LogP contribution in [-0.4, -0.2) is 31.8 Å². The number of rotatable bonds is 6. The Balaban J connectivity index is 1.39. The lowest BCUT2D eigenvalue weighted by Gasteiger charge is -2.05. The smallest absolute Gasteiger partial charge is 0.234 e. The number of carbonyl (C=O) groups excluding carboxylic acids is 1. The number of nitrogens with zero attached hydrogens (tertiary/aromatic N) is 4. The van der Waals surface area contributed by atoms with E-state index in [9.17, 15) is 4.79 Å². The molecule has 0 fully saturated rings. The number of carbonyl (C=O) groups is 1. The zero-order valence-electron chi connectivity index (χ0n) is 15.9. The molecule has 0 atom stereocenters. The van der Waals surface area contributed by atoms with Crippen molar-refractivity contribution in [2.45, 2.75) is 11.9 Å². The number of thioether (sulfide) groups is 1. The minimum absolute atomic E-state index is 0.0902. The Hall–Kier alpha value is -2.62. The van der Waals surface area contributed by atoms with Gasteiger partial charge in [-0.1, -0.05) is 27.7 Å².